The molecule has 0 aliphatic heterocycles. The van der Waals surface area contributed by atoms with Gasteiger partial charge in [0, 0.05) is 10.8 Å². The minimum absolute atomic E-state index is 0. The molecule has 0 fully saturated rings. The first-order valence-electron chi connectivity index (χ1n) is 26.9. The molecule has 69 heavy (non-hydrogen) atoms. The summed E-state index contributed by atoms with van der Waals surface area (Å²) in [6, 6.07) is 0. The zero-order valence-corrected chi connectivity index (χ0v) is 48.0. The van der Waals surface area contributed by atoms with Crippen LogP contribution in [0, 0.1) is 10.8 Å². The number of rotatable bonds is 27. The highest BCUT2D eigenvalue weighted by Gasteiger charge is 2.52. The first kappa shape index (κ1) is 80.2. The van der Waals surface area contributed by atoms with E-state index in [-0.39, 0.29) is 40.5 Å². The molecule has 0 aromatic carbocycles. The van der Waals surface area contributed by atoms with Gasteiger partial charge in [0.2, 0.25) is 0 Å². The summed E-state index contributed by atoms with van der Waals surface area (Å²) in [5.41, 5.74) is 18.5. The van der Waals surface area contributed by atoms with Gasteiger partial charge >= 0.3 is 0 Å². The smallest absolute Gasteiger partial charge is 0.00158 e. The molecule has 0 radical (unpaired) electrons. The molecule has 0 heterocycles. The summed E-state index contributed by atoms with van der Waals surface area (Å²) in [7, 11) is 0. The standard InChI is InChI=1S/C54H88.C5H12.C4H8.C2H6.4CH4/c1-16-19-38-52-51(41-43(6)17-2)50(13)54(15,53(52,14)18-3)40-39-49(12)37-25-36-48(11)35-24-34-47(10)33-23-32-46(9)31-22-30-45(8)29-21-28-44(7)27-20-26-42(4)5;1-3-5-4-2;1-4(2)3;1-2;;;;/h17,26,28,30,32,34,36,38-39H,16,18-25,27,29,31,33,35,37,40-41H2,1-15H3;3-5H2,1-2H3;1H2,2-3H3;1-2H3;4*1H4/b43-17+,44-28+,45-30+,46-32+,47-34+,48-36+,49-39+,52-38-;;;;;;;. The Morgan fingerprint density at radius 1 is 0.464 bits per heavy atom. The Hall–Kier alpha value is -2.86. The van der Waals surface area contributed by atoms with Crippen molar-refractivity contribution in [2.45, 2.75) is 304 Å². The number of hydrogen-bond donors (Lipinski definition) is 0. The van der Waals surface area contributed by atoms with Crippen LogP contribution < -0.4 is 0 Å². The summed E-state index contributed by atoms with van der Waals surface area (Å²) in [5, 5.41) is 0. The Bertz CT molecular complexity index is 1600. The molecule has 406 valence electrons. The molecule has 0 aromatic heterocycles. The largest absolute Gasteiger partial charge is 0.100 e. The molecule has 2 unspecified atom stereocenters. The molecule has 1 aliphatic carbocycles. The maximum Gasteiger partial charge on any atom is 0.00158 e. The van der Waals surface area contributed by atoms with Gasteiger partial charge in [-0.1, -0.05) is 221 Å². The predicted octanol–water partition coefficient (Wildman–Crippen LogP) is 25.9. The summed E-state index contributed by atoms with van der Waals surface area (Å²) >= 11 is 0. The molecular formula is C69H130. The third-order valence-corrected chi connectivity index (χ3v) is 13.5. The van der Waals surface area contributed by atoms with E-state index in [2.05, 4.69) is 179 Å². The summed E-state index contributed by atoms with van der Waals surface area (Å²) in [4.78, 5) is 0. The van der Waals surface area contributed by atoms with E-state index in [0.717, 1.165) is 44.9 Å². The van der Waals surface area contributed by atoms with Gasteiger partial charge in [-0.25, -0.2) is 0 Å². The first-order valence-corrected chi connectivity index (χ1v) is 26.9. The number of unbranched alkanes of at least 4 members (excludes halogenated alkanes) is 3. The molecule has 0 amide bonds. The van der Waals surface area contributed by atoms with Crippen molar-refractivity contribution in [2.24, 2.45) is 10.8 Å². The molecule has 2 atom stereocenters. The van der Waals surface area contributed by atoms with Gasteiger partial charge in [0.1, 0.15) is 0 Å². The Morgan fingerprint density at radius 2 is 0.783 bits per heavy atom. The summed E-state index contributed by atoms with van der Waals surface area (Å²) < 4.78 is 0. The van der Waals surface area contributed by atoms with E-state index in [0.29, 0.717) is 0 Å². The van der Waals surface area contributed by atoms with E-state index in [9.17, 15) is 0 Å². The highest BCUT2D eigenvalue weighted by atomic mass is 14.6. The van der Waals surface area contributed by atoms with Crippen molar-refractivity contribution in [3.8, 4) is 0 Å². The maximum atomic E-state index is 3.56. The summed E-state index contributed by atoms with van der Waals surface area (Å²) in [6.45, 7) is 50.9. The average Bonchev–Trinajstić information content (AvgIpc) is 3.40. The second-order valence-electron chi connectivity index (χ2n) is 20.4. The molecule has 0 saturated heterocycles. The lowest BCUT2D eigenvalue weighted by atomic mass is 9.60. The van der Waals surface area contributed by atoms with Crippen LogP contribution >= 0.6 is 0 Å². The lowest BCUT2D eigenvalue weighted by Gasteiger charge is -2.43. The van der Waals surface area contributed by atoms with Crippen molar-refractivity contribution in [3.63, 3.8) is 0 Å². The molecule has 1 rings (SSSR count). The molecule has 0 nitrogen and oxygen atoms in total. The van der Waals surface area contributed by atoms with Crippen LogP contribution in [0.2, 0.25) is 0 Å². The zero-order chi connectivity index (χ0) is 50.4. The second-order valence-corrected chi connectivity index (χ2v) is 20.4. The quantitative estimate of drug-likeness (QED) is 0.0720. The van der Waals surface area contributed by atoms with E-state index < -0.39 is 0 Å². The van der Waals surface area contributed by atoms with Crippen LogP contribution in [0.3, 0.4) is 0 Å². The minimum atomic E-state index is 0. The fourth-order valence-corrected chi connectivity index (χ4v) is 8.45. The molecule has 0 aromatic rings. The van der Waals surface area contributed by atoms with Crippen LogP contribution in [0.1, 0.15) is 304 Å². The summed E-state index contributed by atoms with van der Waals surface area (Å²) in [5.74, 6) is 0. The molecule has 0 heteroatoms. The number of hydrogen-bond acceptors (Lipinski definition) is 0. The second kappa shape index (κ2) is 48.8. The van der Waals surface area contributed by atoms with Crippen molar-refractivity contribution >= 4 is 0 Å². The molecule has 0 saturated carbocycles. The maximum absolute atomic E-state index is 3.56. The lowest BCUT2D eigenvalue weighted by molar-refractivity contribution is 0.167. The van der Waals surface area contributed by atoms with E-state index in [1.165, 1.54) is 134 Å². The third-order valence-electron chi connectivity index (χ3n) is 13.5. The van der Waals surface area contributed by atoms with Crippen molar-refractivity contribution in [3.05, 3.63) is 128 Å². The Kier molecular flexibility index (Phi) is 56.7. The van der Waals surface area contributed by atoms with Gasteiger partial charge in [-0.15, -0.1) is 6.58 Å². The molecule has 1 aliphatic rings. The van der Waals surface area contributed by atoms with E-state index in [4.69, 9.17) is 0 Å². The Morgan fingerprint density at radius 3 is 1.04 bits per heavy atom. The molecule has 0 bridgehead atoms. The Labute approximate surface area is 440 Å². The predicted molar refractivity (Wildman–Crippen MR) is 332 cm³/mol. The molecular weight excluding hydrogens is 829 g/mol. The summed E-state index contributed by atoms with van der Waals surface area (Å²) in [6.07, 6.45) is 46.1. The van der Waals surface area contributed by atoms with Crippen molar-refractivity contribution < 1.29 is 0 Å². The SMILES string of the molecule is C.C.C.C.C/C=C(\C)CC1=C(C)C(C)(C/C=C(\C)CC/C=C(\C)CC/C=C(\C)CC/C=C(\C)CC/C=C(\C)CC/C=C(\C)CCC=C(C)C)C(C)(CC)/C1=C\CCC.C=C(C)C.CC.CCCCC. The van der Waals surface area contributed by atoms with Gasteiger partial charge in [0.05, 0.1) is 0 Å². The normalized spacial score (nSPS) is 18.2. The first-order chi connectivity index (χ1) is 30.7. The van der Waals surface area contributed by atoms with Gasteiger partial charge in [-0.2, -0.15) is 0 Å². The van der Waals surface area contributed by atoms with E-state index >= 15 is 0 Å². The highest BCUT2D eigenvalue weighted by molar-refractivity contribution is 5.53. The van der Waals surface area contributed by atoms with E-state index in [1.807, 2.05) is 27.7 Å². The van der Waals surface area contributed by atoms with Crippen LogP contribution in [0.4, 0.5) is 0 Å². The molecule has 0 spiro atoms. The van der Waals surface area contributed by atoms with Gasteiger partial charge in [-0.3, -0.25) is 0 Å². The highest BCUT2D eigenvalue weighted by Crippen LogP contribution is 2.63. The monoisotopic (exact) mass is 959 g/mol. The lowest BCUT2D eigenvalue weighted by Crippen LogP contribution is -2.35. The average molecular weight is 960 g/mol. The van der Waals surface area contributed by atoms with Gasteiger partial charge in [0.25, 0.3) is 0 Å². The minimum Gasteiger partial charge on any atom is -0.100 e. The zero-order valence-electron chi connectivity index (χ0n) is 48.0. The van der Waals surface area contributed by atoms with Crippen molar-refractivity contribution in [1.29, 1.82) is 0 Å². The van der Waals surface area contributed by atoms with Crippen molar-refractivity contribution in [2.75, 3.05) is 0 Å². The van der Waals surface area contributed by atoms with Crippen LogP contribution in [0.15, 0.2) is 128 Å². The Balaban J connectivity index is -0.000000462. The number of allylic oxidation sites excluding steroid dienone is 21. The van der Waals surface area contributed by atoms with Gasteiger partial charge < -0.3 is 0 Å². The van der Waals surface area contributed by atoms with Crippen LogP contribution in [0.5, 0.6) is 0 Å². The van der Waals surface area contributed by atoms with Crippen LogP contribution in [-0.2, 0) is 0 Å². The molecule has 0 N–H and O–H groups in total. The van der Waals surface area contributed by atoms with E-state index in [1.54, 1.807) is 16.7 Å². The topological polar surface area (TPSA) is 0 Å². The van der Waals surface area contributed by atoms with Crippen LogP contribution in [-0.4, -0.2) is 0 Å². The van der Waals surface area contributed by atoms with Gasteiger partial charge in [-0.05, 0) is 204 Å². The van der Waals surface area contributed by atoms with Crippen molar-refractivity contribution in [1.82, 2.24) is 0 Å². The fourth-order valence-electron chi connectivity index (χ4n) is 8.45. The fraction of sp³-hybridized carbons (Fsp3) is 0.681. The third kappa shape index (κ3) is 37.6. The van der Waals surface area contributed by atoms with Gasteiger partial charge in [0.15, 0.2) is 0 Å². The van der Waals surface area contributed by atoms with Crippen LogP contribution in [0.25, 0.3) is 0 Å².